The molecule has 4 heteroatoms. The molecule has 0 amide bonds. The summed E-state index contributed by atoms with van der Waals surface area (Å²) in [6.45, 7) is 0.403. The lowest BCUT2D eigenvalue weighted by molar-refractivity contribution is 0.476. The number of nitrogens with two attached hydrogens (primary N) is 1. The fourth-order valence-corrected chi connectivity index (χ4v) is 2.04. The molecule has 2 aromatic carbocycles. The molecular formula is C13H11ClINO. The van der Waals surface area contributed by atoms with Crippen LogP contribution < -0.4 is 10.5 Å². The Morgan fingerprint density at radius 2 is 1.82 bits per heavy atom. The lowest BCUT2D eigenvalue weighted by Gasteiger charge is -2.11. The molecule has 0 fully saturated rings. The predicted octanol–water partition coefficient (Wildman–Crippen LogP) is 4.20. The lowest BCUT2D eigenvalue weighted by atomic mass is 10.2. The van der Waals surface area contributed by atoms with Crippen molar-refractivity contribution >= 4 is 34.2 Å². The Labute approximate surface area is 119 Å². The number of rotatable bonds is 3. The summed E-state index contributed by atoms with van der Waals surface area (Å²) in [5, 5.41) is 0.575. The first-order chi connectivity index (χ1) is 8.20. The number of hydrogen-bond acceptors (Lipinski definition) is 2. The summed E-state index contributed by atoms with van der Waals surface area (Å²) in [4.78, 5) is 0. The third-order valence-electron chi connectivity index (χ3n) is 2.30. The molecule has 0 saturated carbocycles. The summed E-state index contributed by atoms with van der Waals surface area (Å²) in [5.41, 5.74) is 6.56. The van der Waals surface area contributed by atoms with E-state index in [1.807, 2.05) is 36.4 Å². The Morgan fingerprint density at radius 3 is 2.47 bits per heavy atom. The van der Waals surface area contributed by atoms with Gasteiger partial charge in [-0.2, -0.15) is 0 Å². The van der Waals surface area contributed by atoms with Crippen molar-refractivity contribution in [2.45, 2.75) is 6.54 Å². The van der Waals surface area contributed by atoms with Crippen LogP contribution in [-0.4, -0.2) is 0 Å². The molecule has 2 aromatic rings. The zero-order valence-corrected chi connectivity index (χ0v) is 11.9. The van der Waals surface area contributed by atoms with Crippen molar-refractivity contribution in [3.05, 3.63) is 56.6 Å². The molecule has 0 radical (unpaired) electrons. The topological polar surface area (TPSA) is 35.2 Å². The van der Waals surface area contributed by atoms with E-state index in [0.717, 1.165) is 14.9 Å². The maximum absolute atomic E-state index is 6.11. The summed E-state index contributed by atoms with van der Waals surface area (Å²) in [5.74, 6) is 1.39. The third-order valence-corrected chi connectivity index (χ3v) is 3.32. The molecule has 0 heterocycles. The largest absolute Gasteiger partial charge is 0.455 e. The van der Waals surface area contributed by atoms with Crippen molar-refractivity contribution in [3.63, 3.8) is 0 Å². The van der Waals surface area contributed by atoms with Gasteiger partial charge < -0.3 is 10.5 Å². The maximum atomic E-state index is 6.11. The quantitative estimate of drug-likeness (QED) is 0.834. The minimum Gasteiger partial charge on any atom is -0.455 e. The van der Waals surface area contributed by atoms with Gasteiger partial charge in [-0.25, -0.2) is 0 Å². The van der Waals surface area contributed by atoms with Crippen LogP contribution in [-0.2, 0) is 6.54 Å². The Hall–Kier alpha value is -0.780. The van der Waals surface area contributed by atoms with Gasteiger partial charge in [-0.05, 0) is 52.9 Å². The highest BCUT2D eigenvalue weighted by Crippen LogP contribution is 2.32. The van der Waals surface area contributed by atoms with Gasteiger partial charge in [0.25, 0.3) is 0 Å². The number of benzene rings is 2. The van der Waals surface area contributed by atoms with E-state index >= 15 is 0 Å². The van der Waals surface area contributed by atoms with E-state index in [4.69, 9.17) is 22.1 Å². The summed E-state index contributed by atoms with van der Waals surface area (Å²) in [6.07, 6.45) is 0. The van der Waals surface area contributed by atoms with Crippen molar-refractivity contribution in [1.82, 2.24) is 0 Å². The van der Waals surface area contributed by atoms with E-state index in [2.05, 4.69) is 22.6 Å². The molecule has 88 valence electrons. The molecule has 2 rings (SSSR count). The molecule has 0 aliphatic carbocycles. The van der Waals surface area contributed by atoms with Gasteiger partial charge in [-0.3, -0.25) is 0 Å². The van der Waals surface area contributed by atoms with Crippen LogP contribution in [0.25, 0.3) is 0 Å². The molecule has 0 atom stereocenters. The smallest absolute Gasteiger partial charge is 0.150 e. The van der Waals surface area contributed by atoms with Gasteiger partial charge in [0, 0.05) is 15.7 Å². The third kappa shape index (κ3) is 3.12. The second kappa shape index (κ2) is 5.71. The molecule has 0 aliphatic rings. The van der Waals surface area contributed by atoms with Crippen LogP contribution in [0.4, 0.5) is 0 Å². The van der Waals surface area contributed by atoms with Gasteiger partial charge in [0.15, 0.2) is 0 Å². The van der Waals surface area contributed by atoms with Gasteiger partial charge in [-0.1, -0.05) is 23.7 Å². The molecule has 0 aliphatic heterocycles. The zero-order chi connectivity index (χ0) is 12.3. The summed E-state index contributed by atoms with van der Waals surface area (Å²) in [7, 11) is 0. The van der Waals surface area contributed by atoms with Crippen LogP contribution in [0, 0.1) is 3.57 Å². The summed E-state index contributed by atoms with van der Waals surface area (Å²) in [6, 6.07) is 13.3. The average molecular weight is 360 g/mol. The van der Waals surface area contributed by atoms with Crippen molar-refractivity contribution in [2.75, 3.05) is 0 Å². The normalized spacial score (nSPS) is 10.3. The second-order valence-electron chi connectivity index (χ2n) is 3.49. The first kappa shape index (κ1) is 12.7. The first-order valence-corrected chi connectivity index (χ1v) is 6.57. The van der Waals surface area contributed by atoms with Gasteiger partial charge in [0.2, 0.25) is 0 Å². The molecule has 0 unspecified atom stereocenters. The fourth-order valence-electron chi connectivity index (χ4n) is 1.45. The molecule has 17 heavy (non-hydrogen) atoms. The predicted molar refractivity (Wildman–Crippen MR) is 78.6 cm³/mol. The molecule has 0 bridgehead atoms. The minimum absolute atomic E-state index is 0.403. The van der Waals surface area contributed by atoms with E-state index in [0.29, 0.717) is 17.3 Å². The van der Waals surface area contributed by atoms with Crippen molar-refractivity contribution in [3.8, 4) is 11.5 Å². The molecule has 2 N–H and O–H groups in total. The average Bonchev–Trinajstić information content (AvgIpc) is 2.34. The highest BCUT2D eigenvalue weighted by atomic mass is 127. The Morgan fingerprint density at radius 1 is 1.12 bits per heavy atom. The summed E-state index contributed by atoms with van der Waals surface area (Å²) < 4.78 is 6.93. The van der Waals surface area contributed by atoms with E-state index in [9.17, 15) is 0 Å². The maximum Gasteiger partial charge on any atom is 0.150 e. The second-order valence-corrected chi connectivity index (χ2v) is 5.14. The van der Waals surface area contributed by atoms with E-state index < -0.39 is 0 Å². The number of hydrogen-bond donors (Lipinski definition) is 1. The van der Waals surface area contributed by atoms with Crippen LogP contribution in [0.1, 0.15) is 5.56 Å². The molecular weight excluding hydrogens is 349 g/mol. The zero-order valence-electron chi connectivity index (χ0n) is 8.99. The molecule has 0 spiro atoms. The summed E-state index contributed by atoms with van der Waals surface area (Å²) >= 11 is 8.35. The SMILES string of the molecule is NCc1cccc(Cl)c1Oc1ccc(I)cc1. The Kier molecular flexibility index (Phi) is 4.25. The highest BCUT2D eigenvalue weighted by molar-refractivity contribution is 14.1. The van der Waals surface area contributed by atoms with E-state index in [1.54, 1.807) is 6.07 Å². The number of para-hydroxylation sites is 1. The van der Waals surface area contributed by atoms with E-state index in [1.165, 1.54) is 0 Å². The van der Waals surface area contributed by atoms with Gasteiger partial charge >= 0.3 is 0 Å². The monoisotopic (exact) mass is 359 g/mol. The van der Waals surface area contributed by atoms with E-state index in [-0.39, 0.29) is 0 Å². The van der Waals surface area contributed by atoms with Crippen molar-refractivity contribution in [1.29, 1.82) is 0 Å². The first-order valence-electron chi connectivity index (χ1n) is 5.11. The number of ether oxygens (including phenoxy) is 1. The van der Waals surface area contributed by atoms with Crippen molar-refractivity contribution in [2.24, 2.45) is 5.73 Å². The van der Waals surface area contributed by atoms with Gasteiger partial charge in [0.05, 0.1) is 5.02 Å². The van der Waals surface area contributed by atoms with Crippen LogP contribution in [0.15, 0.2) is 42.5 Å². The van der Waals surface area contributed by atoms with Gasteiger partial charge in [0.1, 0.15) is 11.5 Å². The van der Waals surface area contributed by atoms with Crippen LogP contribution in [0.2, 0.25) is 5.02 Å². The fraction of sp³-hybridized carbons (Fsp3) is 0.0769. The lowest BCUT2D eigenvalue weighted by Crippen LogP contribution is -1.99. The molecule has 0 aromatic heterocycles. The minimum atomic E-state index is 0.403. The van der Waals surface area contributed by atoms with Crippen LogP contribution in [0.5, 0.6) is 11.5 Å². The van der Waals surface area contributed by atoms with Crippen LogP contribution >= 0.6 is 34.2 Å². The van der Waals surface area contributed by atoms with Crippen molar-refractivity contribution < 1.29 is 4.74 Å². The Bertz CT molecular complexity index is 513. The Balaban J connectivity index is 2.32. The molecule has 2 nitrogen and oxygen atoms in total. The van der Waals surface area contributed by atoms with Gasteiger partial charge in [-0.15, -0.1) is 0 Å². The van der Waals surface area contributed by atoms with Crippen LogP contribution in [0.3, 0.4) is 0 Å². The highest BCUT2D eigenvalue weighted by Gasteiger charge is 2.08. The molecule has 0 saturated heterocycles. The number of halogens is 2. The standard InChI is InChI=1S/C13H11ClINO/c14-12-3-1-2-9(8-16)13(12)17-11-6-4-10(15)5-7-11/h1-7H,8,16H2.